The summed E-state index contributed by atoms with van der Waals surface area (Å²) in [4.78, 5) is 33.7. The van der Waals surface area contributed by atoms with Crippen molar-refractivity contribution >= 4 is 27.5 Å². The number of aryl methyl sites for hydroxylation is 3. The van der Waals surface area contributed by atoms with Gasteiger partial charge in [-0.2, -0.15) is 0 Å². The van der Waals surface area contributed by atoms with Gasteiger partial charge in [0.25, 0.3) is 5.56 Å². The number of aromatic amines is 1. The van der Waals surface area contributed by atoms with E-state index in [9.17, 15) is 9.59 Å². The van der Waals surface area contributed by atoms with E-state index in [1.54, 1.807) is 6.92 Å². The Morgan fingerprint density at radius 1 is 1.29 bits per heavy atom. The molecule has 1 aromatic carbocycles. The van der Waals surface area contributed by atoms with Crippen LogP contribution in [0.3, 0.4) is 0 Å². The number of rotatable bonds is 7. The van der Waals surface area contributed by atoms with Crippen LogP contribution in [0.4, 0.5) is 0 Å². The van der Waals surface area contributed by atoms with Crippen molar-refractivity contribution in [2.75, 3.05) is 6.61 Å². The molecule has 0 saturated heterocycles. The van der Waals surface area contributed by atoms with E-state index < -0.39 is 6.10 Å². The second-order valence-corrected chi connectivity index (χ2v) is 7.79. The molecule has 7 heteroatoms. The number of carbonyl (C=O) groups excluding carboxylic acids is 1. The molecule has 1 N–H and O–H groups in total. The van der Waals surface area contributed by atoms with E-state index in [2.05, 4.69) is 9.97 Å². The van der Waals surface area contributed by atoms with E-state index in [-0.39, 0.29) is 17.9 Å². The number of carbonyl (C=O) groups is 1. The van der Waals surface area contributed by atoms with Gasteiger partial charge in [-0.1, -0.05) is 18.2 Å². The van der Waals surface area contributed by atoms with Crippen molar-refractivity contribution in [1.82, 2.24) is 9.97 Å². The van der Waals surface area contributed by atoms with Crippen LogP contribution in [0.1, 0.15) is 48.2 Å². The first-order valence-corrected chi connectivity index (χ1v) is 10.1. The summed E-state index contributed by atoms with van der Waals surface area (Å²) in [7, 11) is 0. The number of H-pyrrole nitrogens is 1. The maximum Gasteiger partial charge on any atom is 0.306 e. The van der Waals surface area contributed by atoms with Gasteiger partial charge in [-0.15, -0.1) is 11.3 Å². The number of fused-ring (bicyclic) bond motifs is 1. The molecule has 3 rings (SSSR count). The van der Waals surface area contributed by atoms with Gasteiger partial charge in [0.2, 0.25) is 0 Å². The van der Waals surface area contributed by atoms with E-state index in [1.807, 2.05) is 45.0 Å². The van der Waals surface area contributed by atoms with Crippen LogP contribution >= 0.6 is 11.3 Å². The number of para-hydroxylation sites is 1. The van der Waals surface area contributed by atoms with Crippen LogP contribution in [0.2, 0.25) is 0 Å². The number of hydrogen-bond acceptors (Lipinski definition) is 6. The highest BCUT2D eigenvalue weighted by molar-refractivity contribution is 7.18. The lowest BCUT2D eigenvalue weighted by Crippen LogP contribution is -2.17. The van der Waals surface area contributed by atoms with Crippen LogP contribution in [0, 0.1) is 13.8 Å². The number of nitrogens with one attached hydrogen (secondary N) is 1. The van der Waals surface area contributed by atoms with E-state index in [1.165, 1.54) is 11.3 Å². The number of aromatic nitrogens is 2. The monoisotopic (exact) mass is 400 g/mol. The molecule has 148 valence electrons. The SMILES string of the molecule is CCOc1ccccc1CCC(=O)O[C@H](C)c1nc2sc(C)c(C)c2c(=O)[nH]1. The standard InChI is InChI=1S/C21H24N2O4S/c1-5-26-16-9-7-6-8-15(16)10-11-17(24)27-13(3)19-22-20(25)18-12(2)14(4)28-21(18)23-19/h6-9,13H,5,10-11H2,1-4H3,(H,22,23,25)/t13-/m1/s1. The van der Waals surface area contributed by atoms with Gasteiger partial charge in [0, 0.05) is 11.3 Å². The lowest BCUT2D eigenvalue weighted by atomic mass is 10.1. The molecule has 0 aliphatic carbocycles. The lowest BCUT2D eigenvalue weighted by Gasteiger charge is -2.13. The molecule has 6 nitrogen and oxygen atoms in total. The van der Waals surface area contributed by atoms with E-state index in [4.69, 9.17) is 9.47 Å². The minimum Gasteiger partial charge on any atom is -0.494 e. The molecule has 2 aromatic heterocycles. The Labute approximate surface area is 167 Å². The van der Waals surface area contributed by atoms with Gasteiger partial charge in [0.05, 0.1) is 12.0 Å². The fourth-order valence-corrected chi connectivity index (χ4v) is 4.06. The van der Waals surface area contributed by atoms with Gasteiger partial charge in [-0.3, -0.25) is 9.59 Å². The Bertz CT molecular complexity index is 1050. The molecule has 0 unspecified atom stereocenters. The van der Waals surface area contributed by atoms with E-state index in [0.29, 0.717) is 29.1 Å². The maximum atomic E-state index is 12.4. The summed E-state index contributed by atoms with van der Waals surface area (Å²) in [6.07, 6.45) is 0.112. The molecule has 0 fully saturated rings. The minimum absolute atomic E-state index is 0.199. The van der Waals surface area contributed by atoms with Crippen LogP contribution in [0.15, 0.2) is 29.1 Å². The summed E-state index contributed by atoms with van der Waals surface area (Å²) in [5.74, 6) is 0.799. The van der Waals surface area contributed by atoms with Gasteiger partial charge in [-0.25, -0.2) is 4.98 Å². The predicted molar refractivity (Wildman–Crippen MR) is 110 cm³/mol. The number of ether oxygens (including phenoxy) is 2. The van der Waals surface area contributed by atoms with Crippen LogP contribution in [0.5, 0.6) is 5.75 Å². The van der Waals surface area contributed by atoms with Crippen molar-refractivity contribution in [2.45, 2.75) is 46.6 Å². The smallest absolute Gasteiger partial charge is 0.306 e. The summed E-state index contributed by atoms with van der Waals surface area (Å²) < 4.78 is 11.1. The Morgan fingerprint density at radius 3 is 2.79 bits per heavy atom. The van der Waals surface area contributed by atoms with Crippen LogP contribution in [-0.2, 0) is 16.0 Å². The average molecular weight is 401 g/mol. The van der Waals surface area contributed by atoms with Crippen molar-refractivity contribution in [3.05, 3.63) is 56.4 Å². The highest BCUT2D eigenvalue weighted by atomic mass is 32.1. The van der Waals surface area contributed by atoms with Gasteiger partial charge < -0.3 is 14.5 Å². The third kappa shape index (κ3) is 4.25. The zero-order valence-corrected chi connectivity index (χ0v) is 17.3. The largest absolute Gasteiger partial charge is 0.494 e. The van der Waals surface area contributed by atoms with Crippen molar-refractivity contribution in [3.8, 4) is 5.75 Å². The summed E-state index contributed by atoms with van der Waals surface area (Å²) in [6.45, 7) is 8.08. The highest BCUT2D eigenvalue weighted by Gasteiger charge is 2.18. The first-order valence-electron chi connectivity index (χ1n) is 9.30. The first kappa shape index (κ1) is 20.1. The number of nitrogens with zero attached hydrogens (tertiary/aromatic N) is 1. The number of benzene rings is 1. The van der Waals surface area contributed by atoms with Crippen LogP contribution in [0.25, 0.3) is 10.2 Å². The fourth-order valence-electron chi connectivity index (χ4n) is 3.02. The third-order valence-corrected chi connectivity index (χ3v) is 5.72. The molecule has 3 aromatic rings. The van der Waals surface area contributed by atoms with Gasteiger partial charge in [-0.05, 0) is 51.3 Å². The van der Waals surface area contributed by atoms with Crippen LogP contribution in [-0.4, -0.2) is 22.5 Å². The highest BCUT2D eigenvalue weighted by Crippen LogP contribution is 2.27. The zero-order chi connectivity index (χ0) is 20.3. The number of esters is 1. The van der Waals surface area contributed by atoms with Crippen molar-refractivity contribution in [1.29, 1.82) is 0 Å². The summed E-state index contributed by atoms with van der Waals surface area (Å²) in [5, 5.41) is 0.609. The Kier molecular flexibility index (Phi) is 6.14. The molecule has 2 heterocycles. The summed E-state index contributed by atoms with van der Waals surface area (Å²) >= 11 is 1.47. The van der Waals surface area contributed by atoms with Gasteiger partial charge in [0.15, 0.2) is 11.9 Å². The van der Waals surface area contributed by atoms with Gasteiger partial charge in [0.1, 0.15) is 10.6 Å². The average Bonchev–Trinajstić information content (AvgIpc) is 2.95. The normalized spacial score (nSPS) is 12.1. The topological polar surface area (TPSA) is 81.3 Å². The summed E-state index contributed by atoms with van der Waals surface area (Å²) in [6, 6.07) is 7.65. The molecule has 0 amide bonds. The molecule has 0 aliphatic rings. The molecule has 28 heavy (non-hydrogen) atoms. The lowest BCUT2D eigenvalue weighted by molar-refractivity contribution is -0.148. The Balaban J connectivity index is 1.68. The minimum atomic E-state index is -0.630. The Morgan fingerprint density at radius 2 is 2.04 bits per heavy atom. The maximum absolute atomic E-state index is 12.4. The predicted octanol–water partition coefficient (Wildman–Crippen LogP) is 4.24. The van der Waals surface area contributed by atoms with E-state index in [0.717, 1.165) is 21.8 Å². The second-order valence-electron chi connectivity index (χ2n) is 6.59. The molecular formula is C21H24N2O4S. The van der Waals surface area contributed by atoms with Crippen LogP contribution < -0.4 is 10.3 Å². The third-order valence-electron chi connectivity index (χ3n) is 4.62. The van der Waals surface area contributed by atoms with E-state index >= 15 is 0 Å². The van der Waals surface area contributed by atoms with Crippen molar-refractivity contribution in [2.24, 2.45) is 0 Å². The molecule has 0 spiro atoms. The summed E-state index contributed by atoms with van der Waals surface area (Å²) in [5.41, 5.74) is 1.71. The van der Waals surface area contributed by atoms with Gasteiger partial charge >= 0.3 is 5.97 Å². The molecule has 0 bridgehead atoms. The molecule has 0 aliphatic heterocycles. The first-order chi connectivity index (χ1) is 13.4. The molecule has 1 atom stereocenters. The Hall–Kier alpha value is -2.67. The number of thiophene rings is 1. The number of hydrogen-bond donors (Lipinski definition) is 1. The zero-order valence-electron chi connectivity index (χ0n) is 16.5. The van der Waals surface area contributed by atoms with Crippen molar-refractivity contribution < 1.29 is 14.3 Å². The molecular weight excluding hydrogens is 376 g/mol. The fraction of sp³-hybridized carbons (Fsp3) is 0.381. The second kappa shape index (κ2) is 8.56. The molecule has 0 saturated carbocycles. The molecule has 0 radical (unpaired) electrons. The quantitative estimate of drug-likeness (QED) is 0.600. The van der Waals surface area contributed by atoms with Crippen molar-refractivity contribution in [3.63, 3.8) is 0 Å².